The van der Waals surface area contributed by atoms with Crippen LogP contribution in [0.1, 0.15) is 12.0 Å². The lowest BCUT2D eigenvalue weighted by Gasteiger charge is -2.43. The molecule has 138 valence electrons. The molecule has 0 bridgehead atoms. The number of aliphatic hydroxyl groups is 1. The lowest BCUT2D eigenvalue weighted by molar-refractivity contribution is -0.165. The van der Waals surface area contributed by atoms with Crippen molar-refractivity contribution in [2.75, 3.05) is 19.6 Å². The van der Waals surface area contributed by atoms with Crippen LogP contribution in [0.3, 0.4) is 0 Å². The Bertz CT molecular complexity index is 624. The van der Waals surface area contributed by atoms with E-state index in [9.17, 15) is 24.2 Å². The molecule has 8 nitrogen and oxygen atoms in total. The fourth-order valence-corrected chi connectivity index (χ4v) is 2.96. The highest BCUT2D eigenvalue weighted by Gasteiger charge is 2.49. The van der Waals surface area contributed by atoms with E-state index in [0.717, 1.165) is 0 Å². The molecule has 9 heteroatoms. The number of halogens is 1. The van der Waals surface area contributed by atoms with Crippen molar-refractivity contribution in [3.8, 4) is 0 Å². The monoisotopic (exact) mass is 357 g/mol. The zero-order chi connectivity index (χ0) is 19.0. The molecule has 0 aliphatic carbocycles. The maximum Gasteiger partial charge on any atom is 0.317 e. The van der Waals surface area contributed by atoms with Gasteiger partial charge in [0.25, 0.3) is 6.47 Å². The average molecular weight is 357 g/mol. The van der Waals surface area contributed by atoms with E-state index in [1.54, 1.807) is 6.07 Å². The fraction of sp³-hybridized carbons (Fsp3) is 0.438. The van der Waals surface area contributed by atoms with Crippen molar-refractivity contribution in [2.45, 2.75) is 18.9 Å². The molecular formula is C16H20FNO7. The minimum Gasteiger partial charge on any atom is -0.483 e. The van der Waals surface area contributed by atoms with Crippen molar-refractivity contribution < 1.29 is 39.2 Å². The largest absolute Gasteiger partial charge is 0.483 e. The molecule has 0 radical (unpaired) electrons. The molecule has 0 saturated carbocycles. The van der Waals surface area contributed by atoms with Crippen LogP contribution in [-0.4, -0.2) is 69.5 Å². The van der Waals surface area contributed by atoms with Crippen molar-refractivity contribution in [1.29, 1.82) is 0 Å². The van der Waals surface area contributed by atoms with Gasteiger partial charge < -0.3 is 20.4 Å². The summed E-state index contributed by atoms with van der Waals surface area (Å²) in [5.41, 5.74) is -1.08. The third-order valence-corrected chi connectivity index (χ3v) is 4.06. The Morgan fingerprint density at radius 1 is 1.36 bits per heavy atom. The number of hydrogen-bond acceptors (Lipinski definition) is 5. The van der Waals surface area contributed by atoms with Crippen LogP contribution in [0.25, 0.3) is 0 Å². The van der Waals surface area contributed by atoms with Crippen LogP contribution < -0.4 is 0 Å². The standard InChI is InChI=1S/C15H18FNO5.CH2O2/c16-11-3-1-2-10(6-11)7-15(14(21)22)9-17(8-13(19)20)5-4-12(15)18;2-1-3/h1-3,6,12,18H,4-5,7-9H2,(H,19,20)(H,21,22);1H,(H,2,3)/t12-,15-;/m1./s1. The Hall–Kier alpha value is -2.52. The molecule has 4 N–H and O–H groups in total. The maximum absolute atomic E-state index is 13.3. The van der Waals surface area contributed by atoms with E-state index in [1.165, 1.54) is 23.1 Å². The number of rotatable bonds is 5. The van der Waals surface area contributed by atoms with Gasteiger partial charge in [0.05, 0.1) is 12.6 Å². The number of piperidine rings is 1. The number of nitrogens with zero attached hydrogens (tertiary/aromatic N) is 1. The third-order valence-electron chi connectivity index (χ3n) is 4.06. The summed E-state index contributed by atoms with van der Waals surface area (Å²) in [5.74, 6) is -2.74. The predicted molar refractivity (Wildman–Crippen MR) is 83.6 cm³/mol. The van der Waals surface area contributed by atoms with Crippen molar-refractivity contribution >= 4 is 18.4 Å². The van der Waals surface area contributed by atoms with Crippen LogP contribution >= 0.6 is 0 Å². The molecular weight excluding hydrogens is 337 g/mol. The van der Waals surface area contributed by atoms with Crippen LogP contribution in [0.2, 0.25) is 0 Å². The second-order valence-corrected chi connectivity index (χ2v) is 5.78. The van der Waals surface area contributed by atoms with E-state index in [1.807, 2.05) is 0 Å². The topological polar surface area (TPSA) is 135 Å². The molecule has 1 aliphatic rings. The van der Waals surface area contributed by atoms with E-state index in [2.05, 4.69) is 0 Å². The summed E-state index contributed by atoms with van der Waals surface area (Å²) in [6.45, 7) is -0.317. The second kappa shape index (κ2) is 9.09. The molecule has 2 rings (SSSR count). The lowest BCUT2D eigenvalue weighted by atomic mass is 9.73. The number of carboxylic acids is 2. The maximum atomic E-state index is 13.3. The average Bonchev–Trinajstić information content (AvgIpc) is 2.50. The molecule has 0 aromatic heterocycles. The highest BCUT2D eigenvalue weighted by Crippen LogP contribution is 2.34. The fourth-order valence-electron chi connectivity index (χ4n) is 2.96. The van der Waals surface area contributed by atoms with Gasteiger partial charge in [0.15, 0.2) is 0 Å². The predicted octanol–water partition coefficient (Wildman–Crippen LogP) is 0.291. The first-order valence-electron chi connectivity index (χ1n) is 7.43. The Balaban J connectivity index is 0.000000970. The number of aliphatic carboxylic acids is 2. The second-order valence-electron chi connectivity index (χ2n) is 5.78. The van der Waals surface area contributed by atoms with Gasteiger partial charge in [-0.1, -0.05) is 12.1 Å². The first kappa shape index (κ1) is 20.5. The van der Waals surface area contributed by atoms with Gasteiger partial charge >= 0.3 is 11.9 Å². The first-order chi connectivity index (χ1) is 11.7. The van der Waals surface area contributed by atoms with Gasteiger partial charge in [0, 0.05) is 13.1 Å². The molecule has 1 aromatic carbocycles. The Kier molecular flexibility index (Phi) is 7.46. The zero-order valence-corrected chi connectivity index (χ0v) is 13.3. The van der Waals surface area contributed by atoms with Crippen molar-refractivity contribution in [1.82, 2.24) is 4.90 Å². The number of carbonyl (C=O) groups is 3. The summed E-state index contributed by atoms with van der Waals surface area (Å²) >= 11 is 0. The van der Waals surface area contributed by atoms with E-state index in [0.29, 0.717) is 12.1 Å². The molecule has 1 heterocycles. The molecule has 0 unspecified atom stereocenters. The normalized spacial score (nSPS) is 23.2. The van der Waals surface area contributed by atoms with Crippen LogP contribution in [0.4, 0.5) is 4.39 Å². The summed E-state index contributed by atoms with van der Waals surface area (Å²) in [4.78, 5) is 32.5. The van der Waals surface area contributed by atoms with Gasteiger partial charge in [-0.3, -0.25) is 19.3 Å². The van der Waals surface area contributed by atoms with Gasteiger partial charge in [0.2, 0.25) is 0 Å². The van der Waals surface area contributed by atoms with Crippen molar-refractivity contribution in [3.05, 3.63) is 35.6 Å². The summed E-state index contributed by atoms with van der Waals surface area (Å²) in [7, 11) is 0. The van der Waals surface area contributed by atoms with Gasteiger partial charge in [0.1, 0.15) is 11.2 Å². The summed E-state index contributed by atoms with van der Waals surface area (Å²) in [6.07, 6.45) is -1.01. The number of hydrogen-bond donors (Lipinski definition) is 4. The smallest absolute Gasteiger partial charge is 0.317 e. The molecule has 2 atom stereocenters. The van der Waals surface area contributed by atoms with Crippen LogP contribution in [0.5, 0.6) is 0 Å². The minimum absolute atomic E-state index is 0.0582. The lowest BCUT2D eigenvalue weighted by Crippen LogP contribution is -2.57. The van der Waals surface area contributed by atoms with Gasteiger partial charge in [-0.25, -0.2) is 4.39 Å². The first-order valence-corrected chi connectivity index (χ1v) is 7.43. The number of carboxylic acid groups (broad SMARTS) is 3. The molecule has 0 spiro atoms. The van der Waals surface area contributed by atoms with Crippen molar-refractivity contribution in [3.63, 3.8) is 0 Å². The third kappa shape index (κ3) is 5.50. The number of aliphatic hydroxyl groups excluding tert-OH is 1. The zero-order valence-electron chi connectivity index (χ0n) is 13.3. The molecule has 1 aromatic rings. The van der Waals surface area contributed by atoms with Gasteiger partial charge in [-0.2, -0.15) is 0 Å². The molecule has 25 heavy (non-hydrogen) atoms. The van der Waals surface area contributed by atoms with Crippen LogP contribution in [0.15, 0.2) is 24.3 Å². The quantitative estimate of drug-likeness (QED) is 0.552. The Labute approximate surface area is 143 Å². The van der Waals surface area contributed by atoms with E-state index in [4.69, 9.17) is 15.0 Å². The van der Waals surface area contributed by atoms with Crippen molar-refractivity contribution in [2.24, 2.45) is 5.41 Å². The van der Waals surface area contributed by atoms with E-state index in [-0.39, 0.29) is 32.4 Å². The van der Waals surface area contributed by atoms with Crippen LogP contribution in [-0.2, 0) is 20.8 Å². The molecule has 0 amide bonds. The summed E-state index contributed by atoms with van der Waals surface area (Å²) in [5, 5.41) is 35.6. The molecule has 1 fully saturated rings. The highest BCUT2D eigenvalue weighted by atomic mass is 19.1. The van der Waals surface area contributed by atoms with E-state index >= 15 is 0 Å². The Morgan fingerprint density at radius 2 is 2.00 bits per heavy atom. The number of benzene rings is 1. The van der Waals surface area contributed by atoms with Crippen LogP contribution in [0, 0.1) is 11.2 Å². The molecule has 1 saturated heterocycles. The highest BCUT2D eigenvalue weighted by molar-refractivity contribution is 5.77. The number of likely N-dealkylation sites (tertiary alicyclic amines) is 1. The molecule has 1 aliphatic heterocycles. The van der Waals surface area contributed by atoms with Gasteiger partial charge in [-0.15, -0.1) is 0 Å². The minimum atomic E-state index is -1.54. The SMILES string of the molecule is O=C(O)CN1CC[C@@H](O)[C@](Cc2cccc(F)c2)(C(=O)O)C1.O=CO. The summed E-state index contributed by atoms with van der Waals surface area (Å²) in [6, 6.07) is 5.56. The summed E-state index contributed by atoms with van der Waals surface area (Å²) < 4.78 is 13.3. The van der Waals surface area contributed by atoms with Gasteiger partial charge in [-0.05, 0) is 30.5 Å². The van der Waals surface area contributed by atoms with E-state index < -0.39 is 29.3 Å². The Morgan fingerprint density at radius 3 is 2.52 bits per heavy atom.